The van der Waals surface area contributed by atoms with Crippen molar-refractivity contribution in [2.45, 2.75) is 6.42 Å². The minimum absolute atomic E-state index is 0.660. The molecule has 0 aliphatic heterocycles. The van der Waals surface area contributed by atoms with Gasteiger partial charge in [-0.25, -0.2) is 0 Å². The van der Waals surface area contributed by atoms with Gasteiger partial charge in [0.15, 0.2) is 5.58 Å². The van der Waals surface area contributed by atoms with E-state index in [2.05, 4.69) is 6.58 Å². The van der Waals surface area contributed by atoms with Crippen molar-refractivity contribution in [3.05, 3.63) is 47.7 Å². The van der Waals surface area contributed by atoms with Crippen LogP contribution in [0.4, 0.5) is 0 Å². The first kappa shape index (κ1) is 8.39. The third-order valence-corrected chi connectivity index (χ3v) is 2.19. The zero-order valence-corrected chi connectivity index (χ0v) is 7.84. The lowest BCUT2D eigenvalue weighted by Gasteiger charge is -1.89. The maximum absolute atomic E-state index is 5.95. The van der Waals surface area contributed by atoms with E-state index < -0.39 is 0 Å². The van der Waals surface area contributed by atoms with Crippen LogP contribution in [0.2, 0.25) is 5.02 Å². The molecule has 0 amide bonds. The normalized spacial score (nSPS) is 10.5. The van der Waals surface area contributed by atoms with Crippen LogP contribution in [0.25, 0.3) is 11.0 Å². The summed E-state index contributed by atoms with van der Waals surface area (Å²) in [5.41, 5.74) is 0.765. The van der Waals surface area contributed by atoms with E-state index in [9.17, 15) is 0 Å². The molecule has 0 N–H and O–H groups in total. The Hall–Kier alpha value is -1.21. The Morgan fingerprint density at radius 2 is 2.31 bits per heavy atom. The van der Waals surface area contributed by atoms with Crippen LogP contribution in [0.3, 0.4) is 0 Å². The topological polar surface area (TPSA) is 13.1 Å². The Balaban J connectivity index is 2.61. The molecular formula is C11H9ClO. The summed E-state index contributed by atoms with van der Waals surface area (Å²) in [7, 11) is 0. The standard InChI is InChI=1S/C11H9ClO/c1-2-4-9-7-8-5-3-6-10(12)11(8)13-9/h2-3,5-7H,1,4H2. The van der Waals surface area contributed by atoms with E-state index in [-0.39, 0.29) is 0 Å². The van der Waals surface area contributed by atoms with Crippen molar-refractivity contribution in [3.8, 4) is 0 Å². The number of fused-ring (bicyclic) bond motifs is 1. The van der Waals surface area contributed by atoms with Crippen molar-refractivity contribution >= 4 is 22.6 Å². The second-order valence-electron chi connectivity index (χ2n) is 2.86. The summed E-state index contributed by atoms with van der Waals surface area (Å²) in [5, 5.41) is 1.71. The second-order valence-corrected chi connectivity index (χ2v) is 3.27. The molecule has 1 aromatic carbocycles. The number of halogens is 1. The van der Waals surface area contributed by atoms with Crippen molar-refractivity contribution in [1.29, 1.82) is 0 Å². The maximum Gasteiger partial charge on any atom is 0.152 e. The molecule has 13 heavy (non-hydrogen) atoms. The number of allylic oxidation sites excluding steroid dienone is 1. The summed E-state index contributed by atoms with van der Waals surface area (Å²) in [6.07, 6.45) is 2.55. The van der Waals surface area contributed by atoms with Gasteiger partial charge in [0.05, 0.1) is 5.02 Å². The van der Waals surface area contributed by atoms with Gasteiger partial charge in [-0.1, -0.05) is 29.8 Å². The predicted molar refractivity (Wildman–Crippen MR) is 55.1 cm³/mol. The number of hydrogen-bond donors (Lipinski definition) is 0. The monoisotopic (exact) mass is 192 g/mol. The molecule has 0 unspecified atom stereocenters. The molecule has 1 nitrogen and oxygen atoms in total. The molecule has 1 heterocycles. The Labute approximate surface area is 81.6 Å². The lowest BCUT2D eigenvalue weighted by atomic mass is 10.2. The highest BCUT2D eigenvalue weighted by Crippen LogP contribution is 2.26. The lowest BCUT2D eigenvalue weighted by molar-refractivity contribution is 0.565. The third-order valence-electron chi connectivity index (χ3n) is 1.89. The Kier molecular flexibility index (Phi) is 2.11. The van der Waals surface area contributed by atoms with Crippen LogP contribution in [0, 0.1) is 0 Å². The zero-order chi connectivity index (χ0) is 9.26. The number of hydrogen-bond acceptors (Lipinski definition) is 1. The van der Waals surface area contributed by atoms with Crippen LogP contribution in [0.1, 0.15) is 5.76 Å². The predicted octanol–water partition coefficient (Wildman–Crippen LogP) is 3.81. The molecule has 0 aliphatic rings. The van der Waals surface area contributed by atoms with Crippen molar-refractivity contribution in [2.75, 3.05) is 0 Å². The van der Waals surface area contributed by atoms with Crippen LogP contribution in [0.15, 0.2) is 41.3 Å². The van der Waals surface area contributed by atoms with Gasteiger partial charge in [-0.05, 0) is 12.1 Å². The molecule has 1 aromatic heterocycles. The molecule has 2 rings (SSSR count). The molecule has 0 atom stereocenters. The fraction of sp³-hybridized carbons (Fsp3) is 0.0909. The molecule has 0 saturated heterocycles. The SMILES string of the molecule is C=CCc1cc2cccc(Cl)c2o1. The summed E-state index contributed by atoms with van der Waals surface area (Å²) in [6, 6.07) is 7.71. The summed E-state index contributed by atoms with van der Waals surface area (Å²) < 4.78 is 5.54. The van der Waals surface area contributed by atoms with E-state index in [0.717, 1.165) is 23.2 Å². The first-order valence-electron chi connectivity index (χ1n) is 4.09. The fourth-order valence-corrected chi connectivity index (χ4v) is 1.54. The van der Waals surface area contributed by atoms with Crippen LogP contribution < -0.4 is 0 Å². The first-order valence-corrected chi connectivity index (χ1v) is 4.47. The summed E-state index contributed by atoms with van der Waals surface area (Å²) in [6.45, 7) is 3.66. The molecule has 0 fully saturated rings. The number of rotatable bonds is 2. The van der Waals surface area contributed by atoms with Crippen LogP contribution >= 0.6 is 11.6 Å². The number of benzene rings is 1. The average molecular weight is 193 g/mol. The highest BCUT2D eigenvalue weighted by Gasteiger charge is 2.04. The zero-order valence-electron chi connectivity index (χ0n) is 7.09. The summed E-state index contributed by atoms with van der Waals surface area (Å²) in [4.78, 5) is 0. The van der Waals surface area contributed by atoms with E-state index in [4.69, 9.17) is 16.0 Å². The Morgan fingerprint density at radius 1 is 1.46 bits per heavy atom. The van der Waals surface area contributed by atoms with Crippen molar-refractivity contribution < 1.29 is 4.42 Å². The molecule has 0 aliphatic carbocycles. The summed E-state index contributed by atoms with van der Waals surface area (Å²) in [5.74, 6) is 0.901. The number of furan rings is 1. The molecule has 0 spiro atoms. The second kappa shape index (κ2) is 3.27. The average Bonchev–Trinajstić information content (AvgIpc) is 2.49. The van der Waals surface area contributed by atoms with E-state index in [1.807, 2.05) is 30.3 Å². The molecular weight excluding hydrogens is 184 g/mol. The van der Waals surface area contributed by atoms with Crippen molar-refractivity contribution in [3.63, 3.8) is 0 Å². The highest BCUT2D eigenvalue weighted by molar-refractivity contribution is 6.34. The quantitative estimate of drug-likeness (QED) is 0.660. The van der Waals surface area contributed by atoms with Crippen LogP contribution in [0.5, 0.6) is 0 Å². The van der Waals surface area contributed by atoms with E-state index >= 15 is 0 Å². The van der Waals surface area contributed by atoms with Gasteiger partial charge in [-0.3, -0.25) is 0 Å². The van der Waals surface area contributed by atoms with E-state index in [1.54, 1.807) is 0 Å². The van der Waals surface area contributed by atoms with Gasteiger partial charge in [0, 0.05) is 11.8 Å². The minimum atomic E-state index is 0.660. The maximum atomic E-state index is 5.95. The molecule has 66 valence electrons. The third kappa shape index (κ3) is 1.47. The number of para-hydroxylation sites is 1. The minimum Gasteiger partial charge on any atom is -0.459 e. The smallest absolute Gasteiger partial charge is 0.152 e. The van der Waals surface area contributed by atoms with Gasteiger partial charge in [0.2, 0.25) is 0 Å². The first-order chi connectivity index (χ1) is 6.31. The lowest BCUT2D eigenvalue weighted by Crippen LogP contribution is -1.70. The highest BCUT2D eigenvalue weighted by atomic mass is 35.5. The molecule has 0 radical (unpaired) electrons. The van der Waals surface area contributed by atoms with Crippen molar-refractivity contribution in [2.24, 2.45) is 0 Å². The van der Waals surface area contributed by atoms with Gasteiger partial charge in [-0.2, -0.15) is 0 Å². The van der Waals surface area contributed by atoms with Gasteiger partial charge >= 0.3 is 0 Å². The molecule has 2 aromatic rings. The Morgan fingerprint density at radius 3 is 3.00 bits per heavy atom. The van der Waals surface area contributed by atoms with Crippen LogP contribution in [-0.2, 0) is 6.42 Å². The van der Waals surface area contributed by atoms with E-state index in [1.165, 1.54) is 0 Å². The van der Waals surface area contributed by atoms with Crippen LogP contribution in [-0.4, -0.2) is 0 Å². The van der Waals surface area contributed by atoms with Gasteiger partial charge < -0.3 is 4.42 Å². The molecule has 0 bridgehead atoms. The van der Waals surface area contributed by atoms with Gasteiger partial charge in [0.25, 0.3) is 0 Å². The largest absolute Gasteiger partial charge is 0.459 e. The summed E-state index contributed by atoms with van der Waals surface area (Å²) >= 11 is 5.95. The van der Waals surface area contributed by atoms with Gasteiger partial charge in [-0.15, -0.1) is 6.58 Å². The molecule has 0 saturated carbocycles. The Bertz CT molecular complexity index is 442. The van der Waals surface area contributed by atoms with Gasteiger partial charge in [0.1, 0.15) is 5.76 Å². The molecule has 2 heteroatoms. The van der Waals surface area contributed by atoms with Crippen molar-refractivity contribution in [1.82, 2.24) is 0 Å². The fourth-order valence-electron chi connectivity index (χ4n) is 1.32. The van der Waals surface area contributed by atoms with E-state index in [0.29, 0.717) is 5.02 Å².